The van der Waals surface area contributed by atoms with Gasteiger partial charge in [-0.05, 0) is 67.6 Å². The summed E-state index contributed by atoms with van der Waals surface area (Å²) in [5, 5.41) is 16.3. The van der Waals surface area contributed by atoms with Crippen LogP contribution in [0.15, 0.2) is 41.1 Å². The Hall–Kier alpha value is -2.70. The van der Waals surface area contributed by atoms with Crippen LogP contribution in [0.3, 0.4) is 0 Å². The van der Waals surface area contributed by atoms with E-state index in [0.29, 0.717) is 0 Å². The minimum Gasteiger partial charge on any atom is -0.497 e. The Morgan fingerprint density at radius 1 is 1.18 bits per heavy atom. The number of benzene rings is 1. The van der Waals surface area contributed by atoms with E-state index in [1.165, 1.54) is 11.1 Å². The maximum absolute atomic E-state index is 5.36. The van der Waals surface area contributed by atoms with Gasteiger partial charge in [0, 0.05) is 34.6 Å². The van der Waals surface area contributed by atoms with Crippen LogP contribution < -0.4 is 10.1 Å². The maximum atomic E-state index is 5.36. The molecule has 28 heavy (non-hydrogen) atoms. The number of thiophene rings is 1. The molecule has 0 atom stereocenters. The van der Waals surface area contributed by atoms with Gasteiger partial charge in [-0.15, -0.1) is 0 Å². The molecule has 0 unspecified atom stereocenters. The van der Waals surface area contributed by atoms with E-state index < -0.39 is 0 Å². The van der Waals surface area contributed by atoms with Gasteiger partial charge in [0.05, 0.1) is 24.0 Å². The quantitative estimate of drug-likeness (QED) is 0.450. The van der Waals surface area contributed by atoms with Crippen molar-refractivity contribution in [1.29, 1.82) is 0 Å². The number of nitrogens with one attached hydrogen (secondary N) is 2. The summed E-state index contributed by atoms with van der Waals surface area (Å²) in [5.41, 5.74) is 7.89. The van der Waals surface area contributed by atoms with Crippen molar-refractivity contribution in [3.05, 3.63) is 63.6 Å². The number of aryl methyl sites for hydroxylation is 2. The number of hydrogen-bond acceptors (Lipinski definition) is 5. The molecule has 5 nitrogen and oxygen atoms in total. The van der Waals surface area contributed by atoms with Crippen molar-refractivity contribution in [2.24, 2.45) is 0 Å². The van der Waals surface area contributed by atoms with E-state index in [0.717, 1.165) is 58.8 Å². The second kappa shape index (κ2) is 8.12. The first kappa shape index (κ1) is 18.7. The highest BCUT2D eigenvalue weighted by Crippen LogP contribution is 2.29. The molecule has 0 saturated heterocycles. The summed E-state index contributed by atoms with van der Waals surface area (Å²) in [6, 6.07) is 10.4. The summed E-state index contributed by atoms with van der Waals surface area (Å²) in [6.45, 7) is 5.79. The third kappa shape index (κ3) is 3.79. The minimum absolute atomic E-state index is 0.774. The molecular weight excluding hydrogens is 368 g/mol. The predicted octanol–water partition coefficient (Wildman–Crippen LogP) is 4.64. The third-order valence-corrected chi connectivity index (χ3v) is 5.73. The lowest BCUT2D eigenvalue weighted by molar-refractivity contribution is 0.415. The van der Waals surface area contributed by atoms with Crippen molar-refractivity contribution in [2.45, 2.75) is 26.8 Å². The van der Waals surface area contributed by atoms with Gasteiger partial charge < -0.3 is 10.1 Å². The molecule has 4 aromatic rings. The van der Waals surface area contributed by atoms with Crippen LogP contribution in [0.1, 0.15) is 22.5 Å². The predicted molar refractivity (Wildman–Crippen MR) is 115 cm³/mol. The van der Waals surface area contributed by atoms with E-state index in [4.69, 9.17) is 9.72 Å². The standard InChI is InChI=1S/C22H24N4OS/c1-14-20(15(2)26-25-14)6-8-23-12-18-10-16-4-5-19(27-3)11-21(16)24-22(18)17-7-9-28-13-17/h4-5,7,9-11,13,23H,6,8,12H2,1-3H3,(H,25,26). The normalized spacial score (nSPS) is 11.2. The molecule has 0 aliphatic rings. The van der Waals surface area contributed by atoms with Gasteiger partial charge in [-0.1, -0.05) is 0 Å². The van der Waals surface area contributed by atoms with Crippen molar-refractivity contribution in [2.75, 3.05) is 13.7 Å². The van der Waals surface area contributed by atoms with Crippen molar-refractivity contribution in [1.82, 2.24) is 20.5 Å². The molecule has 0 amide bonds. The second-order valence-electron chi connectivity index (χ2n) is 6.91. The van der Waals surface area contributed by atoms with E-state index in [1.807, 2.05) is 12.1 Å². The molecule has 0 aliphatic carbocycles. The first-order valence-electron chi connectivity index (χ1n) is 9.37. The molecule has 3 aromatic heterocycles. The molecule has 1 aromatic carbocycles. The molecule has 0 radical (unpaired) electrons. The molecule has 4 rings (SSSR count). The zero-order valence-corrected chi connectivity index (χ0v) is 17.2. The van der Waals surface area contributed by atoms with Crippen LogP contribution in [-0.4, -0.2) is 28.8 Å². The highest BCUT2D eigenvalue weighted by Gasteiger charge is 2.11. The lowest BCUT2D eigenvalue weighted by atomic mass is 10.0. The number of nitrogens with zero attached hydrogens (tertiary/aromatic N) is 2. The number of H-pyrrole nitrogens is 1. The Morgan fingerprint density at radius 2 is 2.07 bits per heavy atom. The number of aromatic nitrogens is 3. The SMILES string of the molecule is COc1ccc2cc(CNCCc3c(C)n[nH]c3C)c(-c3ccsc3)nc2c1. The smallest absolute Gasteiger partial charge is 0.121 e. The lowest BCUT2D eigenvalue weighted by Gasteiger charge is -2.12. The molecule has 0 spiro atoms. The van der Waals surface area contributed by atoms with Crippen LogP contribution in [0.25, 0.3) is 22.2 Å². The monoisotopic (exact) mass is 392 g/mol. The number of methoxy groups -OCH3 is 1. The van der Waals surface area contributed by atoms with Crippen LogP contribution in [-0.2, 0) is 13.0 Å². The molecule has 3 heterocycles. The summed E-state index contributed by atoms with van der Waals surface area (Å²) in [6.07, 6.45) is 0.958. The number of pyridine rings is 1. The van der Waals surface area contributed by atoms with Crippen molar-refractivity contribution in [3.8, 4) is 17.0 Å². The fraction of sp³-hybridized carbons (Fsp3) is 0.273. The Labute approximate surface area is 168 Å². The molecule has 0 saturated carbocycles. The summed E-state index contributed by atoms with van der Waals surface area (Å²) < 4.78 is 5.36. The van der Waals surface area contributed by atoms with Crippen LogP contribution in [0.4, 0.5) is 0 Å². The summed E-state index contributed by atoms with van der Waals surface area (Å²) in [7, 11) is 1.68. The first-order valence-corrected chi connectivity index (χ1v) is 10.3. The molecule has 6 heteroatoms. The maximum Gasteiger partial charge on any atom is 0.121 e. The molecule has 0 fully saturated rings. The van der Waals surface area contributed by atoms with Gasteiger partial charge in [-0.2, -0.15) is 16.4 Å². The van der Waals surface area contributed by atoms with Gasteiger partial charge >= 0.3 is 0 Å². The zero-order chi connectivity index (χ0) is 19.5. The summed E-state index contributed by atoms with van der Waals surface area (Å²) in [5.74, 6) is 0.827. The van der Waals surface area contributed by atoms with E-state index in [-0.39, 0.29) is 0 Å². The van der Waals surface area contributed by atoms with Crippen LogP contribution in [0, 0.1) is 13.8 Å². The Kier molecular flexibility index (Phi) is 5.41. The molecular formula is C22H24N4OS. The number of aromatic amines is 1. The molecule has 0 aliphatic heterocycles. The number of hydrogen-bond donors (Lipinski definition) is 2. The van der Waals surface area contributed by atoms with E-state index in [2.05, 4.69) is 58.3 Å². The summed E-state index contributed by atoms with van der Waals surface area (Å²) in [4.78, 5) is 4.95. The number of fused-ring (bicyclic) bond motifs is 1. The van der Waals surface area contributed by atoms with E-state index in [1.54, 1.807) is 18.4 Å². The third-order valence-electron chi connectivity index (χ3n) is 5.05. The van der Waals surface area contributed by atoms with Gasteiger partial charge in [0.1, 0.15) is 5.75 Å². The van der Waals surface area contributed by atoms with Crippen LogP contribution in [0.2, 0.25) is 0 Å². The van der Waals surface area contributed by atoms with Gasteiger partial charge in [-0.25, -0.2) is 4.98 Å². The van der Waals surface area contributed by atoms with E-state index in [9.17, 15) is 0 Å². The fourth-order valence-corrected chi connectivity index (χ4v) is 4.12. The van der Waals surface area contributed by atoms with Gasteiger partial charge in [0.25, 0.3) is 0 Å². The number of ether oxygens (including phenoxy) is 1. The molecule has 144 valence electrons. The Balaban J connectivity index is 1.57. The van der Waals surface area contributed by atoms with Gasteiger partial charge in [0.2, 0.25) is 0 Å². The van der Waals surface area contributed by atoms with Crippen LogP contribution >= 0.6 is 11.3 Å². The first-order chi connectivity index (χ1) is 13.7. The lowest BCUT2D eigenvalue weighted by Crippen LogP contribution is -2.18. The van der Waals surface area contributed by atoms with Crippen molar-refractivity contribution < 1.29 is 4.74 Å². The minimum atomic E-state index is 0.774. The average molecular weight is 393 g/mol. The highest BCUT2D eigenvalue weighted by molar-refractivity contribution is 7.08. The summed E-state index contributed by atoms with van der Waals surface area (Å²) >= 11 is 1.69. The highest BCUT2D eigenvalue weighted by atomic mass is 32.1. The second-order valence-corrected chi connectivity index (χ2v) is 7.69. The van der Waals surface area contributed by atoms with Crippen molar-refractivity contribution >= 4 is 22.2 Å². The molecule has 0 bridgehead atoms. The van der Waals surface area contributed by atoms with E-state index >= 15 is 0 Å². The fourth-order valence-electron chi connectivity index (χ4n) is 3.48. The Morgan fingerprint density at radius 3 is 2.79 bits per heavy atom. The zero-order valence-electron chi connectivity index (χ0n) is 16.4. The van der Waals surface area contributed by atoms with Gasteiger partial charge in [-0.3, -0.25) is 5.10 Å². The van der Waals surface area contributed by atoms with Crippen molar-refractivity contribution in [3.63, 3.8) is 0 Å². The topological polar surface area (TPSA) is 62.8 Å². The average Bonchev–Trinajstić information content (AvgIpc) is 3.35. The van der Waals surface area contributed by atoms with Crippen LogP contribution in [0.5, 0.6) is 5.75 Å². The Bertz CT molecular complexity index is 1070. The van der Waals surface area contributed by atoms with Gasteiger partial charge in [0.15, 0.2) is 0 Å². The largest absolute Gasteiger partial charge is 0.497 e. The number of rotatable bonds is 7. The molecule has 2 N–H and O–H groups in total.